The average Bonchev–Trinajstić information content (AvgIpc) is 2.57. The minimum atomic E-state index is -3.49. The number of aliphatic hydroxyl groups excluding tert-OH is 1. The van der Waals surface area contributed by atoms with E-state index in [4.69, 9.17) is 9.47 Å². The second kappa shape index (κ2) is 7.66. The first-order valence-corrected chi connectivity index (χ1v) is 9.33. The number of aliphatic hydroxyl groups is 1. The standard InChI is InChI=1S/C16H21N3O5S/c1-10-17-9-15(25(4,21)22)16(19-10)18-8-12(20)11-5-6-13(23-2)14(7-11)24-3/h5-7,9,12,20H,8H2,1-4H3,(H,17,18,19)/t12-/m1/s1. The van der Waals surface area contributed by atoms with Crippen LogP contribution in [0.2, 0.25) is 0 Å². The highest BCUT2D eigenvalue weighted by molar-refractivity contribution is 7.90. The first kappa shape index (κ1) is 18.9. The topological polar surface area (TPSA) is 111 Å². The number of anilines is 1. The monoisotopic (exact) mass is 367 g/mol. The lowest BCUT2D eigenvalue weighted by Gasteiger charge is -2.16. The van der Waals surface area contributed by atoms with Gasteiger partial charge in [0.05, 0.1) is 26.5 Å². The van der Waals surface area contributed by atoms with Gasteiger partial charge < -0.3 is 19.9 Å². The summed E-state index contributed by atoms with van der Waals surface area (Å²) in [4.78, 5) is 8.00. The summed E-state index contributed by atoms with van der Waals surface area (Å²) in [6.45, 7) is 1.72. The van der Waals surface area contributed by atoms with Gasteiger partial charge in [-0.05, 0) is 24.6 Å². The van der Waals surface area contributed by atoms with E-state index in [2.05, 4.69) is 15.3 Å². The molecule has 0 unspecified atom stereocenters. The highest BCUT2D eigenvalue weighted by atomic mass is 32.2. The van der Waals surface area contributed by atoms with Gasteiger partial charge in [0.15, 0.2) is 21.3 Å². The number of methoxy groups -OCH3 is 2. The van der Waals surface area contributed by atoms with Crippen molar-refractivity contribution in [2.24, 2.45) is 0 Å². The molecule has 1 heterocycles. The normalized spacial score (nSPS) is 12.5. The molecule has 2 aromatic rings. The van der Waals surface area contributed by atoms with Crippen LogP contribution in [0.5, 0.6) is 11.5 Å². The summed E-state index contributed by atoms with van der Waals surface area (Å²) in [7, 11) is -0.452. The van der Waals surface area contributed by atoms with Crippen LogP contribution in [0, 0.1) is 6.92 Å². The van der Waals surface area contributed by atoms with Crippen molar-refractivity contribution >= 4 is 15.7 Å². The largest absolute Gasteiger partial charge is 0.493 e. The molecule has 1 aromatic heterocycles. The first-order chi connectivity index (χ1) is 11.8. The van der Waals surface area contributed by atoms with Gasteiger partial charge in [-0.25, -0.2) is 18.4 Å². The second-order valence-corrected chi connectivity index (χ2v) is 7.40. The SMILES string of the molecule is COc1ccc([C@H](O)CNc2nc(C)ncc2S(C)(=O)=O)cc1OC. The fraction of sp³-hybridized carbons (Fsp3) is 0.375. The number of nitrogens with one attached hydrogen (secondary N) is 1. The lowest BCUT2D eigenvalue weighted by Crippen LogP contribution is -2.16. The minimum Gasteiger partial charge on any atom is -0.493 e. The third kappa shape index (κ3) is 4.58. The summed E-state index contributed by atoms with van der Waals surface area (Å²) in [5.41, 5.74) is 0.594. The Morgan fingerprint density at radius 1 is 1.24 bits per heavy atom. The molecule has 0 aliphatic heterocycles. The molecule has 25 heavy (non-hydrogen) atoms. The number of ether oxygens (including phenoxy) is 2. The lowest BCUT2D eigenvalue weighted by molar-refractivity contribution is 0.190. The quantitative estimate of drug-likeness (QED) is 0.754. The van der Waals surface area contributed by atoms with E-state index in [1.165, 1.54) is 20.4 Å². The van der Waals surface area contributed by atoms with Crippen molar-refractivity contribution in [2.75, 3.05) is 32.3 Å². The van der Waals surface area contributed by atoms with E-state index in [0.29, 0.717) is 22.9 Å². The number of aromatic nitrogens is 2. The van der Waals surface area contributed by atoms with Gasteiger partial charge in [-0.2, -0.15) is 0 Å². The zero-order chi connectivity index (χ0) is 18.6. The average molecular weight is 367 g/mol. The molecule has 0 radical (unpaired) electrons. The van der Waals surface area contributed by atoms with Crippen LogP contribution in [0.25, 0.3) is 0 Å². The van der Waals surface area contributed by atoms with Gasteiger partial charge in [-0.15, -0.1) is 0 Å². The van der Waals surface area contributed by atoms with Crippen LogP contribution in [-0.4, -0.2) is 50.5 Å². The second-order valence-electron chi connectivity index (χ2n) is 5.41. The summed E-state index contributed by atoms with van der Waals surface area (Å²) < 4.78 is 34.0. The summed E-state index contributed by atoms with van der Waals surface area (Å²) in [6, 6.07) is 5.05. The van der Waals surface area contributed by atoms with E-state index in [9.17, 15) is 13.5 Å². The summed E-state index contributed by atoms with van der Waals surface area (Å²) in [5.74, 6) is 1.64. The third-order valence-corrected chi connectivity index (χ3v) is 4.63. The van der Waals surface area contributed by atoms with Crippen LogP contribution < -0.4 is 14.8 Å². The van der Waals surface area contributed by atoms with Crippen molar-refractivity contribution in [3.63, 3.8) is 0 Å². The highest BCUT2D eigenvalue weighted by Crippen LogP contribution is 2.30. The van der Waals surface area contributed by atoms with Crippen molar-refractivity contribution in [3.8, 4) is 11.5 Å². The molecule has 0 bridgehead atoms. The van der Waals surface area contributed by atoms with E-state index in [0.717, 1.165) is 6.26 Å². The van der Waals surface area contributed by atoms with E-state index >= 15 is 0 Å². The zero-order valence-corrected chi connectivity index (χ0v) is 15.3. The van der Waals surface area contributed by atoms with Crippen LogP contribution >= 0.6 is 0 Å². The number of hydrogen-bond donors (Lipinski definition) is 2. The van der Waals surface area contributed by atoms with Crippen LogP contribution in [-0.2, 0) is 9.84 Å². The third-order valence-electron chi connectivity index (χ3n) is 3.53. The molecule has 0 aliphatic carbocycles. The molecule has 8 nitrogen and oxygen atoms in total. The number of hydrogen-bond acceptors (Lipinski definition) is 8. The summed E-state index contributed by atoms with van der Waals surface area (Å²) in [5, 5.41) is 13.2. The van der Waals surface area contributed by atoms with Crippen molar-refractivity contribution < 1.29 is 23.0 Å². The molecule has 0 spiro atoms. The van der Waals surface area contributed by atoms with E-state index < -0.39 is 15.9 Å². The molecule has 1 atom stereocenters. The van der Waals surface area contributed by atoms with Crippen molar-refractivity contribution in [1.82, 2.24) is 9.97 Å². The van der Waals surface area contributed by atoms with Crippen LogP contribution in [0.4, 0.5) is 5.82 Å². The lowest BCUT2D eigenvalue weighted by atomic mass is 10.1. The predicted molar refractivity (Wildman–Crippen MR) is 92.9 cm³/mol. The van der Waals surface area contributed by atoms with Gasteiger partial charge in [0.2, 0.25) is 0 Å². The molecular formula is C16H21N3O5S. The minimum absolute atomic E-state index is 0.0161. The maximum absolute atomic E-state index is 11.8. The van der Waals surface area contributed by atoms with E-state index in [-0.39, 0.29) is 17.3 Å². The van der Waals surface area contributed by atoms with Gasteiger partial charge in [-0.3, -0.25) is 0 Å². The highest BCUT2D eigenvalue weighted by Gasteiger charge is 2.18. The van der Waals surface area contributed by atoms with Crippen molar-refractivity contribution in [3.05, 3.63) is 35.8 Å². The van der Waals surface area contributed by atoms with Gasteiger partial charge in [0.25, 0.3) is 0 Å². The molecule has 2 N–H and O–H groups in total. The Hall–Kier alpha value is -2.39. The molecule has 1 aromatic carbocycles. The number of benzene rings is 1. The fourth-order valence-electron chi connectivity index (χ4n) is 2.23. The number of sulfone groups is 1. The Morgan fingerprint density at radius 2 is 1.92 bits per heavy atom. The Labute approximate surface area is 146 Å². The Kier molecular flexibility index (Phi) is 5.81. The number of aryl methyl sites for hydroxylation is 1. The Bertz CT molecular complexity index is 855. The number of nitrogens with zero attached hydrogens (tertiary/aromatic N) is 2. The molecule has 0 amide bonds. The zero-order valence-electron chi connectivity index (χ0n) is 14.5. The Morgan fingerprint density at radius 3 is 2.52 bits per heavy atom. The van der Waals surface area contributed by atoms with Gasteiger partial charge in [0.1, 0.15) is 16.5 Å². The molecule has 0 saturated heterocycles. The molecule has 0 fully saturated rings. The van der Waals surface area contributed by atoms with E-state index in [1.807, 2.05) is 0 Å². The molecular weight excluding hydrogens is 346 g/mol. The van der Waals surface area contributed by atoms with E-state index in [1.54, 1.807) is 25.1 Å². The summed E-state index contributed by atoms with van der Waals surface area (Å²) >= 11 is 0. The smallest absolute Gasteiger partial charge is 0.180 e. The van der Waals surface area contributed by atoms with Crippen LogP contribution in [0.15, 0.2) is 29.3 Å². The van der Waals surface area contributed by atoms with Crippen LogP contribution in [0.3, 0.4) is 0 Å². The molecule has 2 rings (SSSR count). The predicted octanol–water partition coefficient (Wildman–Crippen LogP) is 1.35. The first-order valence-electron chi connectivity index (χ1n) is 7.43. The molecule has 0 aliphatic rings. The van der Waals surface area contributed by atoms with Gasteiger partial charge >= 0.3 is 0 Å². The van der Waals surface area contributed by atoms with Crippen molar-refractivity contribution in [2.45, 2.75) is 17.9 Å². The fourth-order valence-corrected chi connectivity index (χ4v) is 2.94. The molecule has 0 saturated carbocycles. The van der Waals surface area contributed by atoms with Gasteiger partial charge in [-0.1, -0.05) is 6.07 Å². The maximum atomic E-state index is 11.8. The van der Waals surface area contributed by atoms with Gasteiger partial charge in [0, 0.05) is 12.8 Å². The van der Waals surface area contributed by atoms with Crippen molar-refractivity contribution in [1.29, 1.82) is 0 Å². The Balaban J connectivity index is 2.20. The van der Waals surface area contributed by atoms with Crippen LogP contribution in [0.1, 0.15) is 17.5 Å². The summed E-state index contributed by atoms with van der Waals surface area (Å²) in [6.07, 6.45) is 1.43. The number of rotatable bonds is 7. The maximum Gasteiger partial charge on any atom is 0.180 e. The molecule has 9 heteroatoms. The molecule has 136 valence electrons.